The third kappa shape index (κ3) is 3.06. The molecule has 19 heavy (non-hydrogen) atoms. The van der Waals surface area contributed by atoms with Gasteiger partial charge in [0.1, 0.15) is 0 Å². The zero-order valence-corrected chi connectivity index (χ0v) is 11.2. The predicted molar refractivity (Wildman–Crippen MR) is 73.1 cm³/mol. The highest BCUT2D eigenvalue weighted by atomic mass is 35.5. The third-order valence-electron chi connectivity index (χ3n) is 2.94. The zero-order chi connectivity index (χ0) is 13.8. The summed E-state index contributed by atoms with van der Waals surface area (Å²) in [5.74, 6) is -0.416. The minimum atomic E-state index is -0.963. The number of aliphatic hydroxyl groups is 1. The summed E-state index contributed by atoms with van der Waals surface area (Å²) < 4.78 is 18.9. The van der Waals surface area contributed by atoms with Crippen molar-refractivity contribution in [2.75, 3.05) is 7.11 Å². The highest BCUT2D eigenvalue weighted by Gasteiger charge is 2.17. The van der Waals surface area contributed by atoms with Gasteiger partial charge in [-0.2, -0.15) is 0 Å². The van der Waals surface area contributed by atoms with Crippen LogP contribution in [0.25, 0.3) is 0 Å². The molecule has 0 fully saturated rings. The highest BCUT2D eigenvalue weighted by Crippen LogP contribution is 2.28. The molecule has 2 aromatic carbocycles. The topological polar surface area (TPSA) is 29.5 Å². The lowest BCUT2D eigenvalue weighted by Crippen LogP contribution is -2.06. The van der Waals surface area contributed by atoms with E-state index in [1.165, 1.54) is 13.2 Å². The molecule has 2 aromatic rings. The number of hydrogen-bond acceptors (Lipinski definition) is 2. The Labute approximate surface area is 116 Å². The molecule has 0 spiro atoms. The number of benzene rings is 2. The van der Waals surface area contributed by atoms with Gasteiger partial charge in [0.25, 0.3) is 0 Å². The molecule has 100 valence electrons. The van der Waals surface area contributed by atoms with Crippen molar-refractivity contribution in [1.82, 2.24) is 0 Å². The summed E-state index contributed by atoms with van der Waals surface area (Å²) >= 11 is 6.02. The summed E-state index contributed by atoms with van der Waals surface area (Å²) in [6, 6.07) is 11.9. The van der Waals surface area contributed by atoms with E-state index in [1.807, 2.05) is 18.2 Å². The lowest BCUT2D eigenvalue weighted by molar-refractivity contribution is 0.172. The fourth-order valence-electron chi connectivity index (χ4n) is 1.92. The second-order valence-corrected chi connectivity index (χ2v) is 4.58. The van der Waals surface area contributed by atoms with Gasteiger partial charge in [0, 0.05) is 17.0 Å². The van der Waals surface area contributed by atoms with Gasteiger partial charge in [-0.25, -0.2) is 4.39 Å². The first-order chi connectivity index (χ1) is 9.13. The minimum absolute atomic E-state index is 0.121. The maximum absolute atomic E-state index is 14.0. The van der Waals surface area contributed by atoms with Gasteiger partial charge in [-0.3, -0.25) is 0 Å². The Morgan fingerprint density at radius 1 is 1.21 bits per heavy atom. The van der Waals surface area contributed by atoms with Crippen LogP contribution in [-0.4, -0.2) is 12.2 Å². The van der Waals surface area contributed by atoms with Crippen LogP contribution in [0.2, 0.25) is 5.02 Å². The molecule has 0 bridgehead atoms. The number of aliphatic hydroxyl groups excluding tert-OH is 1. The van der Waals surface area contributed by atoms with E-state index < -0.39 is 11.9 Å². The van der Waals surface area contributed by atoms with Crippen molar-refractivity contribution in [2.24, 2.45) is 0 Å². The molecule has 0 aliphatic rings. The molecule has 0 amide bonds. The SMILES string of the molecule is COc1cccc(C(O)Cc2ccccc2Cl)c1F. The van der Waals surface area contributed by atoms with E-state index >= 15 is 0 Å². The number of ether oxygens (including phenoxy) is 1. The molecule has 1 unspecified atom stereocenters. The van der Waals surface area contributed by atoms with Crippen molar-refractivity contribution >= 4 is 11.6 Å². The molecular weight excluding hydrogens is 267 g/mol. The molecule has 0 saturated heterocycles. The number of rotatable bonds is 4. The maximum Gasteiger partial charge on any atom is 0.170 e. The van der Waals surface area contributed by atoms with Gasteiger partial charge in [-0.15, -0.1) is 0 Å². The largest absolute Gasteiger partial charge is 0.494 e. The molecule has 4 heteroatoms. The van der Waals surface area contributed by atoms with E-state index in [0.717, 1.165) is 5.56 Å². The van der Waals surface area contributed by atoms with E-state index in [-0.39, 0.29) is 17.7 Å². The van der Waals surface area contributed by atoms with Gasteiger partial charge in [0.15, 0.2) is 11.6 Å². The van der Waals surface area contributed by atoms with Crippen molar-refractivity contribution in [3.63, 3.8) is 0 Å². The molecule has 0 aliphatic heterocycles. The second kappa shape index (κ2) is 6.04. The Bertz CT molecular complexity index is 572. The van der Waals surface area contributed by atoms with E-state index in [2.05, 4.69) is 0 Å². The Kier molecular flexibility index (Phi) is 4.40. The summed E-state index contributed by atoms with van der Waals surface area (Å²) in [6.07, 6.45) is -0.709. The van der Waals surface area contributed by atoms with Crippen LogP contribution in [0.4, 0.5) is 4.39 Å². The van der Waals surface area contributed by atoms with Crippen molar-refractivity contribution in [2.45, 2.75) is 12.5 Å². The standard InChI is InChI=1S/C15H14ClFO2/c1-19-14-8-4-6-11(15(14)17)13(18)9-10-5-2-3-7-12(10)16/h2-8,13,18H,9H2,1H3. The average Bonchev–Trinajstić information content (AvgIpc) is 2.41. The molecule has 0 heterocycles. The molecule has 1 atom stereocenters. The Morgan fingerprint density at radius 2 is 1.95 bits per heavy atom. The van der Waals surface area contributed by atoms with Gasteiger partial charge < -0.3 is 9.84 Å². The number of halogens is 2. The Balaban J connectivity index is 2.26. The predicted octanol–water partition coefficient (Wildman–Crippen LogP) is 3.76. The van der Waals surface area contributed by atoms with E-state index in [4.69, 9.17) is 16.3 Å². The monoisotopic (exact) mass is 280 g/mol. The fourth-order valence-corrected chi connectivity index (χ4v) is 2.14. The van der Waals surface area contributed by atoms with Crippen molar-refractivity contribution in [1.29, 1.82) is 0 Å². The molecule has 2 rings (SSSR count). The molecule has 0 saturated carbocycles. The Morgan fingerprint density at radius 3 is 2.63 bits per heavy atom. The summed E-state index contributed by atoms with van der Waals surface area (Å²) in [6.45, 7) is 0. The first kappa shape index (κ1) is 13.8. The molecule has 0 aromatic heterocycles. The smallest absolute Gasteiger partial charge is 0.170 e. The minimum Gasteiger partial charge on any atom is -0.494 e. The summed E-state index contributed by atoms with van der Waals surface area (Å²) in [4.78, 5) is 0. The van der Waals surface area contributed by atoms with E-state index in [1.54, 1.807) is 18.2 Å². The normalized spacial score (nSPS) is 12.2. The fraction of sp³-hybridized carbons (Fsp3) is 0.200. The first-order valence-corrected chi connectivity index (χ1v) is 6.25. The quantitative estimate of drug-likeness (QED) is 0.924. The molecule has 2 nitrogen and oxygen atoms in total. The average molecular weight is 281 g/mol. The summed E-state index contributed by atoms with van der Waals surface area (Å²) in [5.41, 5.74) is 0.984. The third-order valence-corrected chi connectivity index (χ3v) is 3.31. The Hall–Kier alpha value is -1.58. The van der Waals surface area contributed by atoms with Crippen LogP contribution >= 0.6 is 11.6 Å². The van der Waals surface area contributed by atoms with Gasteiger partial charge in [-0.05, 0) is 17.7 Å². The molecule has 0 radical (unpaired) electrons. The van der Waals surface area contributed by atoms with E-state index in [9.17, 15) is 9.50 Å². The highest BCUT2D eigenvalue weighted by molar-refractivity contribution is 6.31. The zero-order valence-electron chi connectivity index (χ0n) is 10.4. The maximum atomic E-state index is 14.0. The van der Waals surface area contributed by atoms with Gasteiger partial charge in [-0.1, -0.05) is 41.9 Å². The molecular formula is C15H14ClFO2. The van der Waals surface area contributed by atoms with Gasteiger partial charge in [0.05, 0.1) is 13.2 Å². The van der Waals surface area contributed by atoms with Gasteiger partial charge in [0.2, 0.25) is 0 Å². The van der Waals surface area contributed by atoms with Crippen molar-refractivity contribution < 1.29 is 14.2 Å². The van der Waals surface area contributed by atoms with E-state index in [0.29, 0.717) is 5.02 Å². The van der Waals surface area contributed by atoms with Crippen LogP contribution in [0.5, 0.6) is 5.75 Å². The summed E-state index contributed by atoms with van der Waals surface area (Å²) in [5, 5.41) is 10.7. The molecule has 1 N–H and O–H groups in total. The van der Waals surface area contributed by atoms with Crippen LogP contribution in [0.15, 0.2) is 42.5 Å². The number of hydrogen-bond donors (Lipinski definition) is 1. The van der Waals surface area contributed by atoms with Crippen molar-refractivity contribution in [3.8, 4) is 5.75 Å². The van der Waals surface area contributed by atoms with Crippen molar-refractivity contribution in [3.05, 3.63) is 64.4 Å². The van der Waals surface area contributed by atoms with Crippen LogP contribution in [0.1, 0.15) is 17.2 Å². The van der Waals surface area contributed by atoms with Crippen LogP contribution < -0.4 is 4.74 Å². The van der Waals surface area contributed by atoms with Crippen LogP contribution in [-0.2, 0) is 6.42 Å². The van der Waals surface area contributed by atoms with Crippen LogP contribution in [0.3, 0.4) is 0 Å². The lowest BCUT2D eigenvalue weighted by Gasteiger charge is -2.14. The first-order valence-electron chi connectivity index (χ1n) is 5.87. The molecule has 0 aliphatic carbocycles. The summed E-state index contributed by atoms with van der Waals surface area (Å²) in [7, 11) is 1.39. The second-order valence-electron chi connectivity index (χ2n) is 4.17. The van der Waals surface area contributed by atoms with Crippen LogP contribution in [0, 0.1) is 5.82 Å². The van der Waals surface area contributed by atoms with Gasteiger partial charge >= 0.3 is 0 Å². The number of methoxy groups -OCH3 is 1. The lowest BCUT2D eigenvalue weighted by atomic mass is 10.0.